The summed E-state index contributed by atoms with van der Waals surface area (Å²) in [5.41, 5.74) is 9.26. The van der Waals surface area contributed by atoms with Gasteiger partial charge in [0.05, 0.1) is 10.0 Å². The number of halogens is 2. The van der Waals surface area contributed by atoms with Crippen LogP contribution in [0.15, 0.2) is 72.8 Å². The summed E-state index contributed by atoms with van der Waals surface area (Å²) in [6.45, 7) is 7.82. The van der Waals surface area contributed by atoms with E-state index in [2.05, 4.69) is 55.6 Å². The van der Waals surface area contributed by atoms with Crippen molar-refractivity contribution in [2.24, 2.45) is 0 Å². The summed E-state index contributed by atoms with van der Waals surface area (Å²) in [6.07, 6.45) is 1.54. The van der Waals surface area contributed by atoms with E-state index in [1.807, 2.05) is 43.3 Å². The molecule has 0 saturated heterocycles. The maximum absolute atomic E-state index is 11.4. The summed E-state index contributed by atoms with van der Waals surface area (Å²) >= 11 is 12.5. The van der Waals surface area contributed by atoms with Gasteiger partial charge in [-0.2, -0.15) is 0 Å². The number of carboxylic acid groups (broad SMARTS) is 1. The first-order chi connectivity index (χ1) is 21.7. The average molecular weight is 651 g/mol. The van der Waals surface area contributed by atoms with Gasteiger partial charge in [0.1, 0.15) is 19.0 Å². The molecule has 0 radical (unpaired) electrons. The molecule has 238 valence electrons. The number of nitrogens with one attached hydrogen (secondary N) is 1. The maximum atomic E-state index is 11.4. The van der Waals surface area contributed by atoms with Crippen LogP contribution < -0.4 is 14.8 Å². The maximum Gasteiger partial charge on any atom is 0.404 e. The molecule has 6 nitrogen and oxygen atoms in total. The van der Waals surface area contributed by atoms with E-state index in [4.69, 9.17) is 37.4 Å². The van der Waals surface area contributed by atoms with Crippen LogP contribution in [0.3, 0.4) is 0 Å². The molecule has 4 aromatic rings. The number of hydrogen-bond acceptors (Lipinski definition) is 4. The van der Waals surface area contributed by atoms with Gasteiger partial charge >= 0.3 is 6.09 Å². The molecular weight excluding hydrogens is 609 g/mol. The topological polar surface area (TPSA) is 77.0 Å². The Morgan fingerprint density at radius 2 is 1.58 bits per heavy atom. The van der Waals surface area contributed by atoms with Gasteiger partial charge in [-0.1, -0.05) is 71.7 Å². The van der Waals surface area contributed by atoms with Gasteiger partial charge in [-0.15, -0.1) is 0 Å². The zero-order valence-electron chi connectivity index (χ0n) is 26.3. The van der Waals surface area contributed by atoms with E-state index in [0.29, 0.717) is 47.7 Å². The third-order valence-corrected chi connectivity index (χ3v) is 8.36. The lowest BCUT2D eigenvalue weighted by molar-refractivity contribution is 0.193. The normalized spacial score (nSPS) is 11.7. The van der Waals surface area contributed by atoms with Crippen LogP contribution in [0.25, 0.3) is 11.1 Å². The molecule has 1 amide bonds. The molecule has 8 heteroatoms. The Morgan fingerprint density at radius 3 is 2.24 bits per heavy atom. The zero-order valence-corrected chi connectivity index (χ0v) is 27.8. The van der Waals surface area contributed by atoms with E-state index in [-0.39, 0.29) is 5.92 Å². The second kappa shape index (κ2) is 16.6. The average Bonchev–Trinajstić information content (AvgIpc) is 2.99. The fourth-order valence-electron chi connectivity index (χ4n) is 5.68. The highest BCUT2D eigenvalue weighted by Gasteiger charge is 2.18. The van der Waals surface area contributed by atoms with Gasteiger partial charge in [-0.3, -0.25) is 0 Å². The first-order valence-electron chi connectivity index (χ1n) is 15.1. The van der Waals surface area contributed by atoms with Gasteiger partial charge in [0, 0.05) is 26.2 Å². The molecule has 1 atom stereocenters. The van der Waals surface area contributed by atoms with Crippen molar-refractivity contribution in [3.05, 3.63) is 116 Å². The summed E-state index contributed by atoms with van der Waals surface area (Å²) in [5, 5.41) is 12.9. The monoisotopic (exact) mass is 649 g/mol. The summed E-state index contributed by atoms with van der Waals surface area (Å²) in [7, 11) is 1.73. The minimum absolute atomic E-state index is 0.0441. The van der Waals surface area contributed by atoms with Crippen molar-refractivity contribution < 1.29 is 24.1 Å². The van der Waals surface area contributed by atoms with Crippen molar-refractivity contribution in [3.8, 4) is 22.6 Å². The van der Waals surface area contributed by atoms with E-state index in [9.17, 15) is 9.90 Å². The van der Waals surface area contributed by atoms with Crippen LogP contribution in [0.5, 0.6) is 11.5 Å². The number of rotatable bonds is 15. The molecule has 0 aliphatic carbocycles. The molecule has 0 spiro atoms. The molecule has 0 aliphatic rings. The van der Waals surface area contributed by atoms with Crippen LogP contribution in [0.4, 0.5) is 4.79 Å². The van der Waals surface area contributed by atoms with Gasteiger partial charge in [0.25, 0.3) is 0 Å². The highest BCUT2D eigenvalue weighted by molar-refractivity contribution is 6.37. The minimum atomic E-state index is -1.03. The SMILES string of the molecule is COCCCc1cccc(C)c1-c1ccc(C(CNC(=O)O)Cc2ccc(OCCOc3c(Cl)cc(C)cc3Cl)cc2)c(C)c1. The predicted molar refractivity (Wildman–Crippen MR) is 183 cm³/mol. The molecule has 4 rings (SSSR count). The number of hydrogen-bond donors (Lipinski definition) is 2. The Labute approximate surface area is 276 Å². The van der Waals surface area contributed by atoms with Gasteiger partial charge in [-0.25, -0.2) is 4.79 Å². The Morgan fingerprint density at radius 1 is 0.867 bits per heavy atom. The lowest BCUT2D eigenvalue weighted by atomic mass is 9.86. The number of methoxy groups -OCH3 is 1. The fraction of sp³-hybridized carbons (Fsp3) is 0.324. The molecule has 0 fully saturated rings. The van der Waals surface area contributed by atoms with E-state index in [1.165, 1.54) is 22.3 Å². The largest absolute Gasteiger partial charge is 0.490 e. The first-order valence-corrected chi connectivity index (χ1v) is 15.9. The predicted octanol–water partition coefficient (Wildman–Crippen LogP) is 9.22. The Hall–Kier alpha value is -3.71. The summed E-state index contributed by atoms with van der Waals surface area (Å²) in [5.74, 6) is 1.12. The van der Waals surface area contributed by atoms with Crippen molar-refractivity contribution in [3.63, 3.8) is 0 Å². The molecule has 0 saturated carbocycles. The molecule has 0 aliphatic heterocycles. The molecule has 2 N–H and O–H groups in total. The van der Waals surface area contributed by atoms with E-state index in [1.54, 1.807) is 7.11 Å². The Bertz CT molecular complexity index is 1570. The zero-order chi connectivity index (χ0) is 32.3. The Kier molecular flexibility index (Phi) is 12.6. The Balaban J connectivity index is 1.44. The van der Waals surface area contributed by atoms with Crippen molar-refractivity contribution in [2.45, 2.75) is 46.0 Å². The summed E-state index contributed by atoms with van der Waals surface area (Å²) in [6, 6.07) is 24.5. The second-order valence-electron chi connectivity index (χ2n) is 11.3. The number of aryl methyl sites for hydroxylation is 4. The van der Waals surface area contributed by atoms with E-state index >= 15 is 0 Å². The molecule has 0 heterocycles. The number of carbonyl (C=O) groups is 1. The lowest BCUT2D eigenvalue weighted by Crippen LogP contribution is -2.28. The van der Waals surface area contributed by atoms with Crippen LogP contribution in [-0.2, 0) is 17.6 Å². The molecule has 45 heavy (non-hydrogen) atoms. The van der Waals surface area contributed by atoms with Gasteiger partial charge in [0.2, 0.25) is 0 Å². The van der Waals surface area contributed by atoms with E-state index < -0.39 is 6.09 Å². The molecule has 4 aromatic carbocycles. The van der Waals surface area contributed by atoms with Crippen molar-refractivity contribution >= 4 is 29.3 Å². The summed E-state index contributed by atoms with van der Waals surface area (Å²) in [4.78, 5) is 11.4. The fourth-order valence-corrected chi connectivity index (χ4v) is 6.39. The van der Waals surface area contributed by atoms with Crippen molar-refractivity contribution in [1.29, 1.82) is 0 Å². The number of benzene rings is 4. The highest BCUT2D eigenvalue weighted by Crippen LogP contribution is 2.35. The van der Waals surface area contributed by atoms with Crippen molar-refractivity contribution in [2.75, 3.05) is 33.5 Å². The van der Waals surface area contributed by atoms with Crippen LogP contribution in [0.2, 0.25) is 10.0 Å². The molecular formula is C37H41Cl2NO5. The molecule has 1 unspecified atom stereocenters. The smallest absolute Gasteiger partial charge is 0.404 e. The van der Waals surface area contributed by atoms with Gasteiger partial charge < -0.3 is 24.6 Å². The number of ether oxygens (including phenoxy) is 3. The second-order valence-corrected chi connectivity index (χ2v) is 12.1. The van der Waals surface area contributed by atoms with Crippen LogP contribution >= 0.6 is 23.2 Å². The third kappa shape index (κ3) is 9.64. The minimum Gasteiger partial charge on any atom is -0.490 e. The number of amides is 1. The molecule has 0 bridgehead atoms. The van der Waals surface area contributed by atoms with E-state index in [0.717, 1.165) is 41.7 Å². The van der Waals surface area contributed by atoms with Crippen molar-refractivity contribution in [1.82, 2.24) is 5.32 Å². The molecule has 0 aromatic heterocycles. The van der Waals surface area contributed by atoms with Gasteiger partial charge in [-0.05, 0) is 109 Å². The summed E-state index contributed by atoms with van der Waals surface area (Å²) < 4.78 is 16.9. The first kappa shape index (κ1) is 34.2. The highest BCUT2D eigenvalue weighted by atomic mass is 35.5. The lowest BCUT2D eigenvalue weighted by Gasteiger charge is -2.21. The standard InChI is InChI=1S/C37H41Cl2NO5/c1-24-19-33(38)36(34(39)20-24)45-18-17-44-31-13-10-27(11-14-31)22-30(23-40-37(41)42)32-15-12-29(21-26(32)3)35-25(2)7-5-8-28(35)9-6-16-43-4/h5,7-8,10-15,19-21,30,40H,6,9,16-18,22-23H2,1-4H3,(H,41,42). The van der Waals surface area contributed by atoms with Crippen LogP contribution in [0.1, 0.15) is 45.7 Å². The van der Waals surface area contributed by atoms with Gasteiger partial charge in [0.15, 0.2) is 5.75 Å². The quantitative estimate of drug-likeness (QED) is 0.126. The van der Waals surface area contributed by atoms with Crippen LogP contribution in [0, 0.1) is 20.8 Å². The van der Waals surface area contributed by atoms with Crippen LogP contribution in [-0.4, -0.2) is 44.7 Å². The third-order valence-electron chi connectivity index (χ3n) is 7.80.